The third kappa shape index (κ3) is 3.37. The van der Waals surface area contributed by atoms with Gasteiger partial charge < -0.3 is 10.4 Å². The highest BCUT2D eigenvalue weighted by atomic mass is 35.5. The summed E-state index contributed by atoms with van der Waals surface area (Å²) in [5.74, 6) is -0.281. The third-order valence-corrected chi connectivity index (χ3v) is 3.24. The first-order valence-electron chi connectivity index (χ1n) is 6.14. The fourth-order valence-corrected chi connectivity index (χ4v) is 1.98. The van der Waals surface area contributed by atoms with Gasteiger partial charge in [-0.25, -0.2) is 0 Å². The molecule has 0 fully saturated rings. The van der Waals surface area contributed by atoms with Crippen molar-refractivity contribution in [3.05, 3.63) is 52.8 Å². The Morgan fingerprint density at radius 3 is 2.90 bits per heavy atom. The third-order valence-electron chi connectivity index (χ3n) is 3.01. The van der Waals surface area contributed by atoms with Crippen LogP contribution in [0.1, 0.15) is 22.8 Å². The molecule has 20 heavy (non-hydrogen) atoms. The van der Waals surface area contributed by atoms with Gasteiger partial charge in [-0.2, -0.15) is 5.10 Å². The van der Waals surface area contributed by atoms with E-state index in [0.29, 0.717) is 16.1 Å². The Morgan fingerprint density at radius 1 is 1.55 bits per heavy atom. The lowest BCUT2D eigenvalue weighted by Gasteiger charge is -2.22. The van der Waals surface area contributed by atoms with Crippen LogP contribution in [0.15, 0.2) is 36.7 Å². The van der Waals surface area contributed by atoms with Gasteiger partial charge in [0.15, 0.2) is 0 Å². The number of aromatic nitrogens is 2. The van der Waals surface area contributed by atoms with Crippen molar-refractivity contribution in [1.82, 2.24) is 15.1 Å². The van der Waals surface area contributed by atoms with Crippen LogP contribution in [0.5, 0.6) is 0 Å². The van der Waals surface area contributed by atoms with Crippen LogP contribution < -0.4 is 5.32 Å². The van der Waals surface area contributed by atoms with Crippen molar-refractivity contribution >= 4 is 17.5 Å². The Balaban J connectivity index is 2.03. The number of hydrogen-bond acceptors (Lipinski definition) is 3. The summed E-state index contributed by atoms with van der Waals surface area (Å²) in [7, 11) is 1.77. The van der Waals surface area contributed by atoms with Gasteiger partial charge in [-0.3, -0.25) is 9.48 Å². The van der Waals surface area contributed by atoms with Gasteiger partial charge in [0, 0.05) is 29.4 Å². The molecule has 5 nitrogen and oxygen atoms in total. The minimum absolute atomic E-state index is 0.0873. The lowest BCUT2D eigenvalue weighted by Crippen LogP contribution is -2.38. The maximum absolute atomic E-state index is 12.0. The average molecular weight is 294 g/mol. The van der Waals surface area contributed by atoms with Gasteiger partial charge in [0.05, 0.1) is 12.7 Å². The Morgan fingerprint density at radius 2 is 2.30 bits per heavy atom. The normalized spacial score (nSPS) is 13.8. The Bertz CT molecular complexity index is 622. The van der Waals surface area contributed by atoms with E-state index in [9.17, 15) is 9.90 Å². The Hall–Kier alpha value is -1.85. The van der Waals surface area contributed by atoms with E-state index < -0.39 is 5.60 Å². The summed E-state index contributed by atoms with van der Waals surface area (Å²) in [6, 6.07) is 6.65. The van der Waals surface area contributed by atoms with Crippen LogP contribution in [0, 0.1) is 0 Å². The number of hydrogen-bond donors (Lipinski definition) is 2. The number of halogens is 1. The number of rotatable bonds is 4. The molecule has 1 aromatic carbocycles. The summed E-state index contributed by atoms with van der Waals surface area (Å²) in [6.45, 7) is 1.71. The topological polar surface area (TPSA) is 67.2 Å². The summed E-state index contributed by atoms with van der Waals surface area (Å²) in [4.78, 5) is 12.0. The molecule has 0 saturated carbocycles. The molecule has 0 radical (unpaired) electrons. The molecule has 2 N–H and O–H groups in total. The number of aryl methyl sites for hydroxylation is 1. The molecule has 0 aliphatic heterocycles. The number of benzene rings is 1. The molecule has 1 aromatic heterocycles. The lowest BCUT2D eigenvalue weighted by molar-refractivity contribution is 0.0526. The molecule has 0 saturated heterocycles. The molecule has 0 spiro atoms. The zero-order valence-electron chi connectivity index (χ0n) is 11.3. The van der Waals surface area contributed by atoms with Crippen LogP contribution in [0.2, 0.25) is 5.02 Å². The SMILES string of the molecule is Cn1cc(C(C)(O)CNC(=O)c2cccc(Cl)c2)cn1. The van der Waals surface area contributed by atoms with Gasteiger partial charge in [-0.1, -0.05) is 17.7 Å². The van der Waals surface area contributed by atoms with Crippen molar-refractivity contribution in [2.45, 2.75) is 12.5 Å². The molecule has 106 valence electrons. The molecule has 0 bridgehead atoms. The van der Waals surface area contributed by atoms with E-state index in [1.54, 1.807) is 55.3 Å². The van der Waals surface area contributed by atoms with Gasteiger partial charge in [0.25, 0.3) is 5.91 Å². The second-order valence-electron chi connectivity index (χ2n) is 4.87. The number of aliphatic hydroxyl groups is 1. The lowest BCUT2D eigenvalue weighted by atomic mass is 9.99. The smallest absolute Gasteiger partial charge is 0.251 e. The van der Waals surface area contributed by atoms with Gasteiger partial charge in [0.1, 0.15) is 5.60 Å². The number of nitrogens with zero attached hydrogens (tertiary/aromatic N) is 2. The van der Waals surface area contributed by atoms with E-state index in [1.165, 1.54) is 0 Å². The molecule has 0 aliphatic rings. The standard InChI is InChI=1S/C14H16ClN3O2/c1-14(20,11-7-17-18(2)8-11)9-16-13(19)10-4-3-5-12(15)6-10/h3-8,20H,9H2,1-2H3,(H,16,19). The van der Waals surface area contributed by atoms with E-state index >= 15 is 0 Å². The maximum atomic E-state index is 12.0. The van der Waals surface area contributed by atoms with Crippen molar-refractivity contribution in [2.24, 2.45) is 7.05 Å². The van der Waals surface area contributed by atoms with Crippen LogP contribution in [0.25, 0.3) is 0 Å². The predicted octanol–water partition coefficient (Wildman–Crippen LogP) is 1.71. The molecule has 1 amide bonds. The second-order valence-corrected chi connectivity index (χ2v) is 5.31. The first kappa shape index (κ1) is 14.6. The maximum Gasteiger partial charge on any atom is 0.251 e. The summed E-state index contributed by atoms with van der Waals surface area (Å²) in [5.41, 5.74) is -0.0754. The van der Waals surface area contributed by atoms with Crippen molar-refractivity contribution in [1.29, 1.82) is 0 Å². The van der Waals surface area contributed by atoms with Crippen molar-refractivity contribution in [3.63, 3.8) is 0 Å². The van der Waals surface area contributed by atoms with E-state index in [4.69, 9.17) is 11.6 Å². The van der Waals surface area contributed by atoms with Crippen molar-refractivity contribution < 1.29 is 9.90 Å². The van der Waals surface area contributed by atoms with Crippen molar-refractivity contribution in [2.75, 3.05) is 6.54 Å². The highest BCUT2D eigenvalue weighted by molar-refractivity contribution is 6.30. The summed E-state index contributed by atoms with van der Waals surface area (Å²) in [6.07, 6.45) is 3.29. The number of amides is 1. The number of nitrogens with one attached hydrogen (secondary N) is 1. The monoisotopic (exact) mass is 293 g/mol. The fourth-order valence-electron chi connectivity index (χ4n) is 1.79. The fraction of sp³-hybridized carbons (Fsp3) is 0.286. The minimum Gasteiger partial charge on any atom is -0.383 e. The highest BCUT2D eigenvalue weighted by Gasteiger charge is 2.25. The second kappa shape index (κ2) is 5.64. The first-order valence-corrected chi connectivity index (χ1v) is 6.51. The van der Waals surface area contributed by atoms with Gasteiger partial charge in [-0.05, 0) is 25.1 Å². The van der Waals surface area contributed by atoms with Crippen LogP contribution >= 0.6 is 11.6 Å². The van der Waals surface area contributed by atoms with E-state index in [1.807, 2.05) is 0 Å². The predicted molar refractivity (Wildman–Crippen MR) is 76.6 cm³/mol. The van der Waals surface area contributed by atoms with E-state index in [2.05, 4.69) is 10.4 Å². The van der Waals surface area contributed by atoms with Crippen LogP contribution in [0.3, 0.4) is 0 Å². The van der Waals surface area contributed by atoms with Gasteiger partial charge >= 0.3 is 0 Å². The van der Waals surface area contributed by atoms with Crippen LogP contribution in [0.4, 0.5) is 0 Å². The molecular formula is C14H16ClN3O2. The van der Waals surface area contributed by atoms with Crippen molar-refractivity contribution in [3.8, 4) is 0 Å². The Kier molecular flexibility index (Phi) is 4.11. The zero-order chi connectivity index (χ0) is 14.8. The summed E-state index contributed by atoms with van der Waals surface area (Å²) < 4.78 is 1.60. The van der Waals surface area contributed by atoms with E-state index in [-0.39, 0.29) is 12.5 Å². The molecule has 1 heterocycles. The minimum atomic E-state index is -1.18. The largest absolute Gasteiger partial charge is 0.383 e. The average Bonchev–Trinajstić information content (AvgIpc) is 2.83. The zero-order valence-corrected chi connectivity index (χ0v) is 12.1. The first-order chi connectivity index (χ1) is 9.38. The molecule has 1 unspecified atom stereocenters. The molecule has 1 atom stereocenters. The number of carbonyl (C=O) groups is 1. The van der Waals surface area contributed by atoms with E-state index in [0.717, 1.165) is 0 Å². The van der Waals surface area contributed by atoms with Gasteiger partial charge in [-0.15, -0.1) is 0 Å². The van der Waals surface area contributed by atoms with Crippen LogP contribution in [-0.2, 0) is 12.6 Å². The summed E-state index contributed by atoms with van der Waals surface area (Å²) in [5, 5.41) is 17.5. The molecule has 6 heteroatoms. The Labute approximate surface area is 122 Å². The molecule has 2 aromatic rings. The quantitative estimate of drug-likeness (QED) is 0.902. The van der Waals surface area contributed by atoms with Crippen LogP contribution in [-0.4, -0.2) is 27.3 Å². The highest BCUT2D eigenvalue weighted by Crippen LogP contribution is 2.19. The number of carbonyl (C=O) groups excluding carboxylic acids is 1. The molecule has 0 aliphatic carbocycles. The molecular weight excluding hydrogens is 278 g/mol. The molecule has 2 rings (SSSR count). The van der Waals surface area contributed by atoms with Gasteiger partial charge in [0.2, 0.25) is 0 Å². The summed E-state index contributed by atoms with van der Waals surface area (Å²) >= 11 is 5.84.